The molecule has 0 unspecified atom stereocenters. The van der Waals surface area contributed by atoms with Gasteiger partial charge in [0.2, 0.25) is 0 Å². The Morgan fingerprint density at radius 3 is 2.61 bits per heavy atom. The zero-order valence-electron chi connectivity index (χ0n) is 19.6. The molecule has 0 atom stereocenters. The van der Waals surface area contributed by atoms with Gasteiger partial charge < -0.3 is 9.72 Å². The van der Waals surface area contributed by atoms with Gasteiger partial charge in [-0.15, -0.1) is 0 Å². The Balaban J connectivity index is 1.52. The lowest BCUT2D eigenvalue weighted by atomic mass is 9.79. The number of ketones is 1. The number of benzene rings is 1. The maximum absolute atomic E-state index is 13.4. The summed E-state index contributed by atoms with van der Waals surface area (Å²) in [5.41, 5.74) is 7.11. The van der Waals surface area contributed by atoms with E-state index in [-0.39, 0.29) is 16.8 Å². The SMILES string of the molecule is Cc1ccc(-c2cc(C(=O)CCc3c(C)cc(C)[nH]c3=O)cc3c2OCC32CCCC2)cn1. The van der Waals surface area contributed by atoms with Crippen molar-refractivity contribution in [2.45, 2.75) is 64.7 Å². The highest BCUT2D eigenvalue weighted by Gasteiger charge is 2.44. The number of hydrogen-bond donors (Lipinski definition) is 1. The van der Waals surface area contributed by atoms with Gasteiger partial charge >= 0.3 is 0 Å². The molecule has 5 rings (SSSR count). The fourth-order valence-corrected chi connectivity index (χ4v) is 5.51. The molecule has 1 spiro atoms. The number of aromatic nitrogens is 2. The van der Waals surface area contributed by atoms with E-state index in [4.69, 9.17) is 4.74 Å². The monoisotopic (exact) mass is 442 g/mol. The highest BCUT2D eigenvalue weighted by atomic mass is 16.5. The zero-order valence-corrected chi connectivity index (χ0v) is 19.6. The minimum atomic E-state index is -0.0982. The number of pyridine rings is 2. The molecule has 0 saturated heterocycles. The summed E-state index contributed by atoms with van der Waals surface area (Å²) in [6, 6.07) is 10.0. The average molecular weight is 443 g/mol. The summed E-state index contributed by atoms with van der Waals surface area (Å²) < 4.78 is 6.27. The van der Waals surface area contributed by atoms with Crippen molar-refractivity contribution in [1.29, 1.82) is 0 Å². The van der Waals surface area contributed by atoms with Crippen molar-refractivity contribution >= 4 is 5.78 Å². The number of nitrogens with one attached hydrogen (secondary N) is 1. The predicted octanol–water partition coefficient (Wildman–Crippen LogP) is 5.38. The van der Waals surface area contributed by atoms with Crippen LogP contribution in [0.3, 0.4) is 0 Å². The quantitative estimate of drug-likeness (QED) is 0.538. The van der Waals surface area contributed by atoms with E-state index in [9.17, 15) is 9.59 Å². The standard InChI is InChI=1S/C28H30N2O3/c1-17-12-19(3)30-27(32)22(17)8-9-25(31)21-13-23(20-7-6-18(2)29-15-20)26-24(14-21)28(16-33-26)10-4-5-11-28/h6-7,12-15H,4-5,8-11,16H2,1-3H3,(H,30,32). The summed E-state index contributed by atoms with van der Waals surface area (Å²) in [7, 11) is 0. The van der Waals surface area contributed by atoms with Crippen molar-refractivity contribution in [2.24, 2.45) is 0 Å². The number of rotatable bonds is 5. The minimum Gasteiger partial charge on any atom is -0.492 e. The minimum absolute atomic E-state index is 0.0171. The summed E-state index contributed by atoms with van der Waals surface area (Å²) in [6.45, 7) is 6.45. The van der Waals surface area contributed by atoms with Gasteiger partial charge in [0.25, 0.3) is 5.56 Å². The summed E-state index contributed by atoms with van der Waals surface area (Å²) in [5.74, 6) is 0.962. The first-order valence-corrected chi connectivity index (χ1v) is 11.8. The maximum atomic E-state index is 13.4. The predicted molar refractivity (Wildman–Crippen MR) is 129 cm³/mol. The molecule has 5 nitrogen and oxygen atoms in total. The molecule has 1 aliphatic heterocycles. The maximum Gasteiger partial charge on any atom is 0.251 e. The molecule has 1 saturated carbocycles. The molecule has 0 radical (unpaired) electrons. The van der Waals surface area contributed by atoms with Crippen LogP contribution in [0.1, 0.15) is 70.5 Å². The van der Waals surface area contributed by atoms with Crippen LogP contribution in [0.2, 0.25) is 0 Å². The van der Waals surface area contributed by atoms with Gasteiger partial charge in [-0.05, 0) is 69.9 Å². The van der Waals surface area contributed by atoms with Crippen LogP contribution in [0.4, 0.5) is 0 Å². The Labute approximate surface area is 194 Å². The van der Waals surface area contributed by atoms with E-state index in [1.807, 2.05) is 51.2 Å². The van der Waals surface area contributed by atoms with Crippen molar-refractivity contribution in [1.82, 2.24) is 9.97 Å². The second kappa shape index (κ2) is 8.29. The van der Waals surface area contributed by atoms with E-state index in [1.54, 1.807) is 0 Å². The highest BCUT2D eigenvalue weighted by molar-refractivity contribution is 5.98. The lowest BCUT2D eigenvalue weighted by Gasteiger charge is -2.22. The van der Waals surface area contributed by atoms with Gasteiger partial charge in [-0.25, -0.2) is 0 Å². The molecule has 1 aliphatic carbocycles. The van der Waals surface area contributed by atoms with E-state index in [2.05, 4.69) is 16.0 Å². The van der Waals surface area contributed by atoms with E-state index in [0.717, 1.165) is 46.7 Å². The van der Waals surface area contributed by atoms with Crippen molar-refractivity contribution in [2.75, 3.05) is 6.61 Å². The Kier molecular flexibility index (Phi) is 5.43. The van der Waals surface area contributed by atoms with Crippen LogP contribution in [-0.4, -0.2) is 22.4 Å². The van der Waals surface area contributed by atoms with Crippen LogP contribution in [0.25, 0.3) is 11.1 Å². The van der Waals surface area contributed by atoms with Crippen LogP contribution >= 0.6 is 0 Å². The normalized spacial score (nSPS) is 16.1. The third kappa shape index (κ3) is 3.90. The summed E-state index contributed by atoms with van der Waals surface area (Å²) in [4.78, 5) is 33.1. The molecule has 2 aromatic heterocycles. The van der Waals surface area contributed by atoms with Crippen LogP contribution < -0.4 is 10.3 Å². The number of aryl methyl sites for hydroxylation is 3. The number of aromatic amines is 1. The smallest absolute Gasteiger partial charge is 0.251 e. The van der Waals surface area contributed by atoms with Gasteiger partial charge in [0.1, 0.15) is 5.75 Å². The molecule has 1 aromatic carbocycles. The van der Waals surface area contributed by atoms with E-state index in [1.165, 1.54) is 18.4 Å². The second-order valence-electron chi connectivity index (χ2n) is 9.73. The third-order valence-electron chi connectivity index (χ3n) is 7.35. The summed E-state index contributed by atoms with van der Waals surface area (Å²) in [5, 5.41) is 0. The van der Waals surface area contributed by atoms with Crippen molar-refractivity contribution in [3.8, 4) is 16.9 Å². The highest BCUT2D eigenvalue weighted by Crippen LogP contribution is 2.52. The molecule has 1 fully saturated rings. The number of nitrogens with zero attached hydrogens (tertiary/aromatic N) is 1. The fourth-order valence-electron chi connectivity index (χ4n) is 5.51. The molecule has 0 amide bonds. The van der Waals surface area contributed by atoms with Crippen molar-refractivity contribution < 1.29 is 9.53 Å². The molecule has 33 heavy (non-hydrogen) atoms. The molecule has 2 aliphatic rings. The Bertz CT molecular complexity index is 1280. The van der Waals surface area contributed by atoms with Crippen molar-refractivity contribution in [3.63, 3.8) is 0 Å². The lowest BCUT2D eigenvalue weighted by Crippen LogP contribution is -2.23. The molecule has 0 bridgehead atoms. The van der Waals surface area contributed by atoms with Gasteiger partial charge in [-0.1, -0.05) is 18.9 Å². The first kappa shape index (κ1) is 21.6. The number of hydrogen-bond acceptors (Lipinski definition) is 4. The molecule has 3 aromatic rings. The average Bonchev–Trinajstić information content (AvgIpc) is 3.41. The number of ether oxygens (including phenoxy) is 1. The first-order valence-electron chi connectivity index (χ1n) is 11.8. The van der Waals surface area contributed by atoms with Crippen molar-refractivity contribution in [3.05, 3.63) is 80.5 Å². The van der Waals surface area contributed by atoms with E-state index in [0.29, 0.717) is 30.6 Å². The van der Waals surface area contributed by atoms with Crippen LogP contribution in [0, 0.1) is 20.8 Å². The molecular weight excluding hydrogens is 412 g/mol. The third-order valence-corrected chi connectivity index (χ3v) is 7.35. The Morgan fingerprint density at radius 1 is 1.12 bits per heavy atom. The fraction of sp³-hybridized carbons (Fsp3) is 0.393. The number of Topliss-reactive ketones (excluding diaryl/α,β-unsaturated/α-hetero) is 1. The van der Waals surface area contributed by atoms with E-state index >= 15 is 0 Å². The van der Waals surface area contributed by atoms with Crippen LogP contribution in [0.5, 0.6) is 5.75 Å². The van der Waals surface area contributed by atoms with Crippen LogP contribution in [-0.2, 0) is 11.8 Å². The largest absolute Gasteiger partial charge is 0.492 e. The van der Waals surface area contributed by atoms with E-state index < -0.39 is 0 Å². The van der Waals surface area contributed by atoms with Gasteiger partial charge in [0.05, 0.1) is 6.61 Å². The lowest BCUT2D eigenvalue weighted by molar-refractivity contribution is 0.0982. The summed E-state index contributed by atoms with van der Waals surface area (Å²) in [6.07, 6.45) is 7.17. The van der Waals surface area contributed by atoms with Gasteiger partial charge in [-0.3, -0.25) is 14.6 Å². The summed E-state index contributed by atoms with van der Waals surface area (Å²) >= 11 is 0. The Morgan fingerprint density at radius 2 is 1.91 bits per heavy atom. The van der Waals surface area contributed by atoms with Gasteiger partial charge in [0, 0.05) is 57.2 Å². The van der Waals surface area contributed by atoms with Gasteiger partial charge in [-0.2, -0.15) is 0 Å². The van der Waals surface area contributed by atoms with Crippen LogP contribution in [0.15, 0.2) is 41.3 Å². The topological polar surface area (TPSA) is 72.0 Å². The molecular formula is C28H30N2O3. The number of H-pyrrole nitrogens is 1. The second-order valence-corrected chi connectivity index (χ2v) is 9.73. The number of fused-ring (bicyclic) bond motifs is 2. The van der Waals surface area contributed by atoms with Gasteiger partial charge in [0.15, 0.2) is 5.78 Å². The first-order chi connectivity index (χ1) is 15.9. The molecule has 1 N–H and O–H groups in total. The molecule has 3 heterocycles. The molecule has 170 valence electrons. The Hall–Kier alpha value is -3.21. The number of carbonyl (C=O) groups is 1. The number of carbonyl (C=O) groups excluding carboxylic acids is 1. The zero-order chi connectivity index (χ0) is 23.2. The molecule has 5 heteroatoms.